The van der Waals surface area contributed by atoms with Gasteiger partial charge in [0.15, 0.2) is 4.88 Å². The molecule has 0 unspecified atom stereocenters. The van der Waals surface area contributed by atoms with Crippen LogP contribution in [0.5, 0.6) is 5.75 Å². The molecule has 1 saturated heterocycles. The number of alkyl halides is 3. The lowest BCUT2D eigenvalue weighted by atomic mass is 10.1. The van der Waals surface area contributed by atoms with Crippen molar-refractivity contribution in [3.8, 4) is 10.8 Å². The van der Waals surface area contributed by atoms with Crippen LogP contribution < -0.4 is 4.74 Å². The molecule has 40 heavy (non-hydrogen) atoms. The molecule has 0 radical (unpaired) electrons. The fourth-order valence-corrected chi connectivity index (χ4v) is 5.59. The standard InChI is InChI=1S/C20H24N4O3S.C9H9F3/c1-22-6-8-23(9-7-22)12-14-4-5-15-16(10-14)24(13-21-15)18-11-17(26-2)19(28-18)20(25)27-3;1-2-7-5-3-4-6-8(7)9(10,11)12/h4-5,10-11,13H,6-9,12H2,1-3H3;3-6H,2H2,1H3. The average molecular weight is 575 g/mol. The number of methoxy groups -OCH3 is 2. The molecule has 2 aromatic carbocycles. The zero-order valence-corrected chi connectivity index (χ0v) is 23.8. The number of piperazine rings is 1. The largest absolute Gasteiger partial charge is 0.495 e. The summed E-state index contributed by atoms with van der Waals surface area (Å²) in [4.78, 5) is 21.8. The Labute approximate surface area is 235 Å². The number of aromatic nitrogens is 2. The van der Waals surface area contributed by atoms with E-state index in [9.17, 15) is 18.0 Å². The van der Waals surface area contributed by atoms with Gasteiger partial charge in [0, 0.05) is 38.8 Å². The predicted molar refractivity (Wildman–Crippen MR) is 150 cm³/mol. The number of benzene rings is 2. The highest BCUT2D eigenvalue weighted by molar-refractivity contribution is 7.16. The molecule has 1 aliphatic rings. The summed E-state index contributed by atoms with van der Waals surface area (Å²) in [5, 5.41) is 0.872. The monoisotopic (exact) mass is 574 g/mol. The van der Waals surface area contributed by atoms with Crippen LogP contribution in [0.2, 0.25) is 0 Å². The van der Waals surface area contributed by atoms with Crippen LogP contribution in [0.15, 0.2) is 54.9 Å². The first-order valence-electron chi connectivity index (χ1n) is 12.9. The highest BCUT2D eigenvalue weighted by Crippen LogP contribution is 2.34. The third kappa shape index (κ3) is 6.83. The zero-order valence-electron chi connectivity index (χ0n) is 23.0. The van der Waals surface area contributed by atoms with Crippen LogP contribution in [0.3, 0.4) is 0 Å². The lowest BCUT2D eigenvalue weighted by Crippen LogP contribution is -2.43. The number of hydrogen-bond donors (Lipinski definition) is 0. The number of nitrogens with zero attached hydrogens (tertiary/aromatic N) is 4. The van der Waals surface area contributed by atoms with Crippen LogP contribution in [0.1, 0.15) is 33.3 Å². The maximum absolute atomic E-state index is 12.2. The first-order valence-corrected chi connectivity index (χ1v) is 13.7. The van der Waals surface area contributed by atoms with E-state index in [0.717, 1.165) is 54.8 Å². The van der Waals surface area contributed by atoms with Gasteiger partial charge in [0.2, 0.25) is 0 Å². The van der Waals surface area contributed by atoms with Crippen LogP contribution in [0.4, 0.5) is 13.2 Å². The Kier molecular flexibility index (Phi) is 9.49. The van der Waals surface area contributed by atoms with E-state index >= 15 is 0 Å². The second-order valence-corrected chi connectivity index (χ2v) is 10.5. The highest BCUT2D eigenvalue weighted by Gasteiger charge is 2.32. The number of ether oxygens (including phenoxy) is 2. The van der Waals surface area contributed by atoms with Crippen molar-refractivity contribution in [2.24, 2.45) is 0 Å². The maximum atomic E-state index is 12.2. The van der Waals surface area contributed by atoms with E-state index in [0.29, 0.717) is 22.6 Å². The lowest BCUT2D eigenvalue weighted by molar-refractivity contribution is -0.138. The molecule has 0 atom stereocenters. The topological polar surface area (TPSA) is 59.8 Å². The first-order chi connectivity index (χ1) is 19.1. The van der Waals surface area contributed by atoms with Gasteiger partial charge in [-0.25, -0.2) is 9.78 Å². The van der Waals surface area contributed by atoms with Crippen molar-refractivity contribution in [1.29, 1.82) is 0 Å². The molecular weight excluding hydrogens is 541 g/mol. The van der Waals surface area contributed by atoms with Crippen molar-refractivity contribution in [2.75, 3.05) is 47.4 Å². The van der Waals surface area contributed by atoms with Gasteiger partial charge in [-0.15, -0.1) is 11.3 Å². The van der Waals surface area contributed by atoms with Gasteiger partial charge in [-0.3, -0.25) is 9.47 Å². The summed E-state index contributed by atoms with van der Waals surface area (Å²) >= 11 is 1.34. The Morgan fingerprint density at radius 2 is 1.77 bits per heavy atom. The molecule has 7 nitrogen and oxygen atoms in total. The number of thiophene rings is 1. The zero-order chi connectivity index (χ0) is 28.9. The number of carbonyl (C=O) groups excluding carboxylic acids is 1. The van der Waals surface area contributed by atoms with E-state index in [-0.39, 0.29) is 0 Å². The van der Waals surface area contributed by atoms with Gasteiger partial charge >= 0.3 is 12.1 Å². The summed E-state index contributed by atoms with van der Waals surface area (Å²) in [7, 11) is 5.09. The van der Waals surface area contributed by atoms with Crippen molar-refractivity contribution in [2.45, 2.75) is 26.1 Å². The van der Waals surface area contributed by atoms with Crippen LogP contribution in [-0.4, -0.2) is 72.8 Å². The van der Waals surface area contributed by atoms with E-state index in [2.05, 4.69) is 40.0 Å². The molecule has 0 spiro atoms. The minimum absolute atomic E-state index is 0.352. The number of likely N-dealkylation sites (N-methyl/N-ethyl adjacent to an activating group) is 1. The van der Waals surface area contributed by atoms with Crippen molar-refractivity contribution in [1.82, 2.24) is 19.4 Å². The SMILES string of the molecule is CCc1ccccc1C(F)(F)F.COC(=O)c1sc(-n2cnc3ccc(CN4CCN(C)CC4)cc32)cc1OC. The summed E-state index contributed by atoms with van der Waals surface area (Å²) in [6, 6.07) is 13.9. The average Bonchev–Trinajstić information content (AvgIpc) is 3.57. The van der Waals surface area contributed by atoms with Gasteiger partial charge in [-0.05, 0) is 42.8 Å². The van der Waals surface area contributed by atoms with Crippen LogP contribution in [0, 0.1) is 0 Å². The summed E-state index contributed by atoms with van der Waals surface area (Å²) in [6.45, 7) is 7.01. The predicted octanol–water partition coefficient (Wildman–Crippen LogP) is 5.90. The Bertz CT molecular complexity index is 1440. The number of carbonyl (C=O) groups is 1. The minimum Gasteiger partial charge on any atom is -0.495 e. The third-order valence-corrected chi connectivity index (χ3v) is 7.93. The van der Waals surface area contributed by atoms with Crippen molar-refractivity contribution in [3.63, 3.8) is 0 Å². The number of esters is 1. The number of fused-ring (bicyclic) bond motifs is 1. The van der Waals surface area contributed by atoms with E-state index in [1.165, 1.54) is 36.1 Å². The molecule has 3 heterocycles. The fourth-order valence-electron chi connectivity index (χ4n) is 4.56. The van der Waals surface area contributed by atoms with Crippen molar-refractivity contribution < 1.29 is 27.4 Å². The van der Waals surface area contributed by atoms with Gasteiger partial charge in [0.1, 0.15) is 17.1 Å². The van der Waals surface area contributed by atoms with Crippen LogP contribution in [0.25, 0.3) is 16.0 Å². The molecule has 4 aromatic rings. The molecule has 0 aliphatic carbocycles. The van der Waals surface area contributed by atoms with Gasteiger partial charge in [0.25, 0.3) is 0 Å². The summed E-state index contributed by atoms with van der Waals surface area (Å²) in [6.07, 6.45) is -2.01. The Hall–Kier alpha value is -3.41. The van der Waals surface area contributed by atoms with Crippen LogP contribution in [-0.2, 0) is 23.9 Å². The van der Waals surface area contributed by atoms with E-state index in [4.69, 9.17) is 9.47 Å². The Balaban J connectivity index is 0.000000259. The van der Waals surface area contributed by atoms with Gasteiger partial charge in [0.05, 0.1) is 30.8 Å². The second-order valence-electron chi connectivity index (χ2n) is 9.50. The quantitative estimate of drug-likeness (QED) is 0.268. The number of imidazole rings is 1. The minimum atomic E-state index is -4.22. The van der Waals surface area contributed by atoms with Gasteiger partial charge in [-0.2, -0.15) is 13.2 Å². The molecule has 0 bridgehead atoms. The molecule has 11 heteroatoms. The van der Waals surface area contributed by atoms with Crippen LogP contribution >= 0.6 is 11.3 Å². The Morgan fingerprint density at radius 3 is 2.40 bits per heavy atom. The third-order valence-electron chi connectivity index (χ3n) is 6.83. The lowest BCUT2D eigenvalue weighted by Gasteiger charge is -2.32. The molecule has 0 N–H and O–H groups in total. The van der Waals surface area contributed by atoms with E-state index < -0.39 is 17.7 Å². The molecule has 1 fully saturated rings. The maximum Gasteiger partial charge on any atom is 0.416 e. The number of rotatable bonds is 6. The molecule has 0 amide bonds. The second kappa shape index (κ2) is 12.8. The highest BCUT2D eigenvalue weighted by atomic mass is 32.1. The Morgan fingerprint density at radius 1 is 1.05 bits per heavy atom. The molecule has 214 valence electrons. The number of halogens is 3. The van der Waals surface area contributed by atoms with E-state index in [1.54, 1.807) is 26.4 Å². The molecule has 1 aliphatic heterocycles. The van der Waals surface area contributed by atoms with E-state index in [1.807, 2.05) is 10.6 Å². The smallest absolute Gasteiger partial charge is 0.416 e. The molecule has 5 rings (SSSR count). The van der Waals surface area contributed by atoms with Gasteiger partial charge in [-0.1, -0.05) is 31.2 Å². The summed E-state index contributed by atoms with van der Waals surface area (Å²) < 4.78 is 48.9. The number of aryl methyl sites for hydroxylation is 1. The molecule has 0 saturated carbocycles. The van der Waals surface area contributed by atoms with Gasteiger partial charge < -0.3 is 14.4 Å². The number of hydrogen-bond acceptors (Lipinski definition) is 7. The van der Waals surface area contributed by atoms with Crippen molar-refractivity contribution in [3.05, 3.63) is 76.4 Å². The summed E-state index contributed by atoms with van der Waals surface area (Å²) in [5.74, 6) is 0.121. The fraction of sp³-hybridized carbons (Fsp3) is 0.379. The van der Waals surface area contributed by atoms with Crippen molar-refractivity contribution >= 4 is 28.3 Å². The first kappa shape index (κ1) is 29.6. The molecule has 2 aromatic heterocycles. The normalized spacial score (nSPS) is 14.6. The molecular formula is C29H33F3N4O3S. The summed E-state index contributed by atoms with van der Waals surface area (Å²) in [5.41, 5.74) is 3.04.